The number of carbonyl (C=O) groups is 2. The largest absolute Gasteiger partial charge is 0.480 e. The van der Waals surface area contributed by atoms with E-state index in [2.05, 4.69) is 15.4 Å². The van der Waals surface area contributed by atoms with Crippen LogP contribution >= 0.6 is 0 Å². The Morgan fingerprint density at radius 2 is 2.09 bits per heavy atom. The Labute approximate surface area is 134 Å². The number of hydrogen-bond donors (Lipinski definition) is 2. The van der Waals surface area contributed by atoms with Crippen molar-refractivity contribution in [3.63, 3.8) is 0 Å². The van der Waals surface area contributed by atoms with E-state index in [0.717, 1.165) is 11.4 Å². The van der Waals surface area contributed by atoms with Crippen LogP contribution in [0.1, 0.15) is 41.5 Å². The second-order valence-corrected chi connectivity index (χ2v) is 5.40. The third-order valence-electron chi connectivity index (χ3n) is 3.42. The molecule has 0 aromatic carbocycles. The van der Waals surface area contributed by atoms with Crippen LogP contribution in [0.4, 0.5) is 0 Å². The van der Waals surface area contributed by atoms with Gasteiger partial charge in [0.05, 0.1) is 11.3 Å². The van der Waals surface area contributed by atoms with Crippen LogP contribution in [0.3, 0.4) is 0 Å². The summed E-state index contributed by atoms with van der Waals surface area (Å²) in [6.07, 6.45) is 2.48. The van der Waals surface area contributed by atoms with E-state index in [1.165, 1.54) is 6.20 Å². The molecular formula is C16H20N4O3. The molecule has 0 saturated heterocycles. The molecule has 1 unspecified atom stereocenters. The number of rotatable bonds is 6. The van der Waals surface area contributed by atoms with Crippen LogP contribution in [-0.4, -0.2) is 37.8 Å². The fourth-order valence-corrected chi connectivity index (χ4v) is 2.29. The van der Waals surface area contributed by atoms with E-state index in [9.17, 15) is 9.59 Å². The highest BCUT2D eigenvalue weighted by atomic mass is 16.4. The van der Waals surface area contributed by atoms with E-state index >= 15 is 0 Å². The maximum Gasteiger partial charge on any atom is 0.326 e. The first kappa shape index (κ1) is 16.7. The summed E-state index contributed by atoms with van der Waals surface area (Å²) >= 11 is 0. The molecule has 0 saturated carbocycles. The van der Waals surface area contributed by atoms with Gasteiger partial charge in [0.25, 0.3) is 5.91 Å². The molecule has 23 heavy (non-hydrogen) atoms. The monoisotopic (exact) mass is 316 g/mol. The lowest BCUT2D eigenvalue weighted by molar-refractivity contribution is -0.139. The van der Waals surface area contributed by atoms with Gasteiger partial charge in [-0.15, -0.1) is 0 Å². The maximum absolute atomic E-state index is 12.1. The lowest BCUT2D eigenvalue weighted by Crippen LogP contribution is -2.40. The number of amides is 1. The van der Waals surface area contributed by atoms with Gasteiger partial charge in [-0.1, -0.05) is 13.3 Å². The molecule has 0 spiro atoms. The predicted molar refractivity (Wildman–Crippen MR) is 84.6 cm³/mol. The highest BCUT2D eigenvalue weighted by molar-refractivity contribution is 5.96. The molecule has 0 aliphatic heterocycles. The van der Waals surface area contributed by atoms with Crippen LogP contribution < -0.4 is 5.32 Å². The van der Waals surface area contributed by atoms with E-state index in [-0.39, 0.29) is 0 Å². The minimum atomic E-state index is -1.03. The van der Waals surface area contributed by atoms with Crippen molar-refractivity contribution in [3.8, 4) is 5.82 Å². The lowest BCUT2D eigenvalue weighted by atomic mass is 10.1. The van der Waals surface area contributed by atoms with Gasteiger partial charge in [0, 0.05) is 11.9 Å². The SMILES string of the molecule is CCCC(NC(=O)c1ccc(-n2nc(C)cc2C)nc1)C(=O)O. The third kappa shape index (κ3) is 3.94. The number of aromatic nitrogens is 3. The molecule has 2 rings (SSSR count). The van der Waals surface area contributed by atoms with Crippen molar-refractivity contribution in [1.82, 2.24) is 20.1 Å². The first-order chi connectivity index (χ1) is 10.9. The van der Waals surface area contributed by atoms with Gasteiger partial charge in [-0.3, -0.25) is 4.79 Å². The molecule has 2 heterocycles. The molecule has 1 amide bonds. The molecule has 122 valence electrons. The minimum Gasteiger partial charge on any atom is -0.480 e. The summed E-state index contributed by atoms with van der Waals surface area (Å²) in [5.41, 5.74) is 2.15. The third-order valence-corrected chi connectivity index (χ3v) is 3.42. The molecule has 2 aromatic heterocycles. The van der Waals surface area contributed by atoms with E-state index in [4.69, 9.17) is 5.11 Å². The summed E-state index contributed by atoms with van der Waals surface area (Å²) < 4.78 is 1.69. The van der Waals surface area contributed by atoms with Crippen LogP contribution in [-0.2, 0) is 4.79 Å². The number of nitrogens with zero attached hydrogens (tertiary/aromatic N) is 3. The molecule has 0 aliphatic rings. The number of carboxylic acid groups (broad SMARTS) is 1. The molecule has 1 atom stereocenters. The fraction of sp³-hybridized carbons (Fsp3) is 0.375. The molecule has 0 bridgehead atoms. The van der Waals surface area contributed by atoms with E-state index in [0.29, 0.717) is 24.2 Å². The van der Waals surface area contributed by atoms with Crippen molar-refractivity contribution in [2.75, 3.05) is 0 Å². The molecular weight excluding hydrogens is 296 g/mol. The number of hydrogen-bond acceptors (Lipinski definition) is 4. The normalized spacial score (nSPS) is 12.0. The van der Waals surface area contributed by atoms with Crippen molar-refractivity contribution in [3.05, 3.63) is 41.3 Å². The number of pyridine rings is 1. The van der Waals surface area contributed by atoms with Gasteiger partial charge in [0.2, 0.25) is 0 Å². The molecule has 7 nitrogen and oxygen atoms in total. The molecule has 0 fully saturated rings. The molecule has 2 aromatic rings. The highest BCUT2D eigenvalue weighted by Gasteiger charge is 2.19. The second kappa shape index (κ2) is 7.04. The van der Waals surface area contributed by atoms with Crippen molar-refractivity contribution < 1.29 is 14.7 Å². The first-order valence-electron chi connectivity index (χ1n) is 7.45. The summed E-state index contributed by atoms with van der Waals surface area (Å²) in [6.45, 7) is 5.68. The number of carboxylic acids is 1. The Bertz CT molecular complexity index is 707. The molecule has 0 aliphatic carbocycles. The first-order valence-corrected chi connectivity index (χ1v) is 7.45. The van der Waals surface area contributed by atoms with Gasteiger partial charge in [0.15, 0.2) is 5.82 Å². The predicted octanol–water partition coefficient (Wildman–Crippen LogP) is 1.87. The van der Waals surface area contributed by atoms with E-state index in [1.54, 1.807) is 16.8 Å². The number of carbonyl (C=O) groups excluding carboxylic acids is 1. The highest BCUT2D eigenvalue weighted by Crippen LogP contribution is 2.10. The molecule has 0 radical (unpaired) electrons. The molecule has 7 heteroatoms. The van der Waals surface area contributed by atoms with Gasteiger partial charge >= 0.3 is 5.97 Å². The Balaban J connectivity index is 2.14. The van der Waals surface area contributed by atoms with Crippen LogP contribution in [0, 0.1) is 13.8 Å². The van der Waals surface area contributed by atoms with Crippen LogP contribution in [0.2, 0.25) is 0 Å². The lowest BCUT2D eigenvalue weighted by Gasteiger charge is -2.13. The zero-order chi connectivity index (χ0) is 17.0. The topological polar surface area (TPSA) is 97.1 Å². The minimum absolute atomic E-state index is 0.317. The number of aryl methyl sites for hydroxylation is 2. The standard InChI is InChI=1S/C16H20N4O3/c1-4-5-13(16(22)23)18-15(21)12-6-7-14(17-9-12)20-11(3)8-10(2)19-20/h6-9,13H,4-5H2,1-3H3,(H,18,21)(H,22,23). The zero-order valence-electron chi connectivity index (χ0n) is 13.4. The Morgan fingerprint density at radius 1 is 1.35 bits per heavy atom. The van der Waals surface area contributed by atoms with Crippen LogP contribution in [0.25, 0.3) is 5.82 Å². The van der Waals surface area contributed by atoms with Gasteiger partial charge in [-0.2, -0.15) is 5.10 Å². The summed E-state index contributed by atoms with van der Waals surface area (Å²) in [5, 5.41) is 15.9. The average Bonchev–Trinajstić information content (AvgIpc) is 2.85. The van der Waals surface area contributed by atoms with E-state index < -0.39 is 17.9 Å². The van der Waals surface area contributed by atoms with Crippen molar-refractivity contribution >= 4 is 11.9 Å². The summed E-state index contributed by atoms with van der Waals surface area (Å²) in [5.74, 6) is -0.874. The summed E-state index contributed by atoms with van der Waals surface area (Å²) in [4.78, 5) is 27.4. The quantitative estimate of drug-likeness (QED) is 0.848. The van der Waals surface area contributed by atoms with Crippen molar-refractivity contribution in [2.45, 2.75) is 39.7 Å². The average molecular weight is 316 g/mol. The van der Waals surface area contributed by atoms with Crippen molar-refractivity contribution in [1.29, 1.82) is 0 Å². The Hall–Kier alpha value is -2.70. The maximum atomic E-state index is 12.1. The second-order valence-electron chi connectivity index (χ2n) is 5.40. The number of nitrogens with one attached hydrogen (secondary N) is 1. The van der Waals surface area contributed by atoms with E-state index in [1.807, 2.05) is 26.8 Å². The molecule has 2 N–H and O–H groups in total. The van der Waals surface area contributed by atoms with Crippen molar-refractivity contribution in [2.24, 2.45) is 0 Å². The fourth-order valence-electron chi connectivity index (χ4n) is 2.29. The van der Waals surface area contributed by atoms with Gasteiger partial charge in [-0.25, -0.2) is 14.5 Å². The van der Waals surface area contributed by atoms with Gasteiger partial charge < -0.3 is 10.4 Å². The Kier molecular flexibility index (Phi) is 5.10. The van der Waals surface area contributed by atoms with Gasteiger partial charge in [-0.05, 0) is 38.5 Å². The number of aliphatic carboxylic acids is 1. The summed E-state index contributed by atoms with van der Waals surface area (Å²) in [6, 6.07) is 4.34. The zero-order valence-corrected chi connectivity index (χ0v) is 13.4. The van der Waals surface area contributed by atoms with Crippen LogP contribution in [0.5, 0.6) is 0 Å². The van der Waals surface area contributed by atoms with Crippen LogP contribution in [0.15, 0.2) is 24.4 Å². The summed E-state index contributed by atoms with van der Waals surface area (Å²) in [7, 11) is 0. The Morgan fingerprint density at radius 3 is 2.57 bits per heavy atom. The van der Waals surface area contributed by atoms with Gasteiger partial charge in [0.1, 0.15) is 6.04 Å². The smallest absolute Gasteiger partial charge is 0.326 e.